The minimum Gasteiger partial charge on any atom is -0.490 e. The van der Waals surface area contributed by atoms with Crippen LogP contribution in [0.2, 0.25) is 0 Å². The van der Waals surface area contributed by atoms with Gasteiger partial charge in [0.05, 0.1) is 19.3 Å². The first-order valence-corrected chi connectivity index (χ1v) is 6.07. The first kappa shape index (κ1) is 12.0. The molecule has 0 bridgehead atoms. The van der Waals surface area contributed by atoms with E-state index in [1.807, 2.05) is 18.2 Å². The van der Waals surface area contributed by atoms with E-state index >= 15 is 0 Å². The van der Waals surface area contributed by atoms with Gasteiger partial charge in [0.2, 0.25) is 0 Å². The molecule has 0 saturated heterocycles. The Morgan fingerprint density at radius 2 is 2.06 bits per heavy atom. The second kappa shape index (κ2) is 5.77. The summed E-state index contributed by atoms with van der Waals surface area (Å²) in [5.41, 5.74) is 0.995. The number of ether oxygens (including phenoxy) is 2. The molecule has 4 heteroatoms. The molecule has 0 aliphatic carbocycles. The van der Waals surface area contributed by atoms with Gasteiger partial charge in [-0.1, -0.05) is 0 Å². The average molecular weight is 237 g/mol. The van der Waals surface area contributed by atoms with E-state index in [4.69, 9.17) is 9.47 Å². The first-order chi connectivity index (χ1) is 8.25. The largest absolute Gasteiger partial charge is 0.490 e. The predicted octanol–water partition coefficient (Wildman–Crippen LogP) is 2.03. The van der Waals surface area contributed by atoms with Crippen LogP contribution >= 0.6 is 0 Å². The summed E-state index contributed by atoms with van der Waals surface area (Å²) in [6.07, 6.45) is 1.37. The van der Waals surface area contributed by atoms with Crippen molar-refractivity contribution in [1.29, 1.82) is 0 Å². The van der Waals surface area contributed by atoms with E-state index in [2.05, 4.69) is 5.32 Å². The number of anilines is 1. The molecule has 0 fully saturated rings. The lowest BCUT2D eigenvalue weighted by atomic mass is 10.2. The highest BCUT2D eigenvalue weighted by Gasteiger charge is 2.10. The molecule has 94 valence electrons. The Labute approximate surface area is 102 Å². The molecule has 0 spiro atoms. The molecule has 1 heterocycles. The summed E-state index contributed by atoms with van der Waals surface area (Å²) in [5.74, 6) is 1.60. The van der Waals surface area contributed by atoms with Gasteiger partial charge in [-0.3, -0.25) is 0 Å². The first-order valence-electron chi connectivity index (χ1n) is 6.07. The van der Waals surface area contributed by atoms with Gasteiger partial charge in [0.1, 0.15) is 0 Å². The normalized spacial score (nSPS) is 16.1. The van der Waals surface area contributed by atoms with Crippen molar-refractivity contribution in [3.05, 3.63) is 18.2 Å². The van der Waals surface area contributed by atoms with E-state index in [0.29, 0.717) is 13.2 Å². The fraction of sp³-hybridized carbons (Fsp3) is 0.538. The van der Waals surface area contributed by atoms with E-state index in [1.165, 1.54) is 0 Å². The minimum absolute atomic E-state index is 0.275. The van der Waals surface area contributed by atoms with Crippen LogP contribution in [0, 0.1) is 0 Å². The summed E-state index contributed by atoms with van der Waals surface area (Å²) < 4.78 is 11.2. The molecule has 1 aromatic rings. The number of fused-ring (bicyclic) bond motifs is 1. The average Bonchev–Trinajstić information content (AvgIpc) is 2.53. The molecule has 1 atom stereocenters. The van der Waals surface area contributed by atoms with Crippen molar-refractivity contribution in [3.63, 3.8) is 0 Å². The second-order valence-corrected chi connectivity index (χ2v) is 4.28. The van der Waals surface area contributed by atoms with Crippen LogP contribution in [0.1, 0.15) is 19.8 Å². The van der Waals surface area contributed by atoms with Crippen molar-refractivity contribution < 1.29 is 14.6 Å². The van der Waals surface area contributed by atoms with Gasteiger partial charge in [0.25, 0.3) is 0 Å². The van der Waals surface area contributed by atoms with Gasteiger partial charge in [0, 0.05) is 24.7 Å². The summed E-state index contributed by atoms with van der Waals surface area (Å²) in [7, 11) is 0. The molecule has 2 N–H and O–H groups in total. The molecule has 2 rings (SSSR count). The molecule has 1 aromatic carbocycles. The number of hydrogen-bond acceptors (Lipinski definition) is 4. The summed E-state index contributed by atoms with van der Waals surface area (Å²) >= 11 is 0. The van der Waals surface area contributed by atoms with Gasteiger partial charge in [0.15, 0.2) is 11.5 Å². The summed E-state index contributed by atoms with van der Waals surface area (Å²) in [6.45, 7) is 3.94. The second-order valence-electron chi connectivity index (χ2n) is 4.28. The molecule has 4 nitrogen and oxygen atoms in total. The van der Waals surface area contributed by atoms with Gasteiger partial charge < -0.3 is 19.9 Å². The lowest BCUT2D eigenvalue weighted by Crippen LogP contribution is -2.09. The molecule has 0 aromatic heterocycles. The van der Waals surface area contributed by atoms with Crippen LogP contribution in [-0.2, 0) is 0 Å². The Bertz CT molecular complexity index is 366. The fourth-order valence-corrected chi connectivity index (χ4v) is 1.70. The Balaban J connectivity index is 1.97. The van der Waals surface area contributed by atoms with E-state index < -0.39 is 0 Å². The van der Waals surface area contributed by atoms with Gasteiger partial charge >= 0.3 is 0 Å². The van der Waals surface area contributed by atoms with E-state index in [-0.39, 0.29) is 6.10 Å². The Kier molecular flexibility index (Phi) is 4.09. The highest BCUT2D eigenvalue weighted by molar-refractivity contribution is 5.54. The Morgan fingerprint density at radius 1 is 1.29 bits per heavy atom. The van der Waals surface area contributed by atoms with Crippen molar-refractivity contribution in [2.24, 2.45) is 0 Å². The number of rotatable bonds is 4. The molecular formula is C13H19NO3. The number of aliphatic hydroxyl groups is 1. The van der Waals surface area contributed by atoms with Crippen LogP contribution in [0.25, 0.3) is 0 Å². The third-order valence-electron chi connectivity index (χ3n) is 2.64. The van der Waals surface area contributed by atoms with Crippen LogP contribution in [0.5, 0.6) is 11.5 Å². The van der Waals surface area contributed by atoms with Crippen molar-refractivity contribution in [2.75, 3.05) is 25.1 Å². The van der Waals surface area contributed by atoms with Gasteiger partial charge in [-0.15, -0.1) is 0 Å². The molecule has 1 unspecified atom stereocenters. The Morgan fingerprint density at radius 3 is 2.82 bits per heavy atom. The highest BCUT2D eigenvalue weighted by Crippen LogP contribution is 2.32. The van der Waals surface area contributed by atoms with E-state index in [0.717, 1.165) is 36.6 Å². The summed E-state index contributed by atoms with van der Waals surface area (Å²) in [4.78, 5) is 0. The molecule has 0 saturated carbocycles. The fourth-order valence-electron chi connectivity index (χ4n) is 1.70. The van der Waals surface area contributed by atoms with Gasteiger partial charge in [-0.25, -0.2) is 0 Å². The number of aliphatic hydroxyl groups excluding tert-OH is 1. The third kappa shape index (κ3) is 3.53. The monoisotopic (exact) mass is 237 g/mol. The number of benzene rings is 1. The number of nitrogens with one attached hydrogen (secondary N) is 1. The molecular weight excluding hydrogens is 218 g/mol. The lowest BCUT2D eigenvalue weighted by molar-refractivity contribution is 0.189. The van der Waals surface area contributed by atoms with Crippen molar-refractivity contribution in [2.45, 2.75) is 25.9 Å². The van der Waals surface area contributed by atoms with E-state index in [1.54, 1.807) is 6.92 Å². The molecule has 17 heavy (non-hydrogen) atoms. The zero-order valence-electron chi connectivity index (χ0n) is 10.1. The third-order valence-corrected chi connectivity index (χ3v) is 2.64. The molecule has 0 amide bonds. The predicted molar refractivity (Wildman–Crippen MR) is 66.8 cm³/mol. The highest BCUT2D eigenvalue weighted by atomic mass is 16.5. The van der Waals surface area contributed by atoms with Crippen LogP contribution in [0.3, 0.4) is 0 Å². The van der Waals surface area contributed by atoms with E-state index in [9.17, 15) is 5.11 Å². The maximum Gasteiger partial charge on any atom is 0.163 e. The maximum absolute atomic E-state index is 9.17. The maximum atomic E-state index is 9.17. The molecule has 0 radical (unpaired) electrons. The zero-order valence-corrected chi connectivity index (χ0v) is 10.1. The topological polar surface area (TPSA) is 50.7 Å². The van der Waals surface area contributed by atoms with Crippen LogP contribution in [0.4, 0.5) is 5.69 Å². The van der Waals surface area contributed by atoms with Gasteiger partial charge in [-0.2, -0.15) is 0 Å². The van der Waals surface area contributed by atoms with Gasteiger partial charge in [-0.05, 0) is 25.5 Å². The van der Waals surface area contributed by atoms with Crippen molar-refractivity contribution in [1.82, 2.24) is 0 Å². The Hall–Kier alpha value is -1.42. The lowest BCUT2D eigenvalue weighted by Gasteiger charge is -2.11. The van der Waals surface area contributed by atoms with Crippen molar-refractivity contribution >= 4 is 5.69 Å². The quantitative estimate of drug-likeness (QED) is 0.841. The SMILES string of the molecule is CC(O)CCNc1ccc2c(c1)OCCCO2. The molecule has 1 aliphatic heterocycles. The van der Waals surface area contributed by atoms with Crippen LogP contribution in [0.15, 0.2) is 18.2 Å². The standard InChI is InChI=1S/C13H19NO3/c1-10(15)5-6-14-11-3-4-12-13(9-11)17-8-2-7-16-12/h3-4,9-10,14-15H,2,5-8H2,1H3. The number of hydrogen-bond donors (Lipinski definition) is 2. The summed E-state index contributed by atoms with van der Waals surface area (Å²) in [5, 5.41) is 12.4. The molecule has 1 aliphatic rings. The smallest absolute Gasteiger partial charge is 0.163 e. The minimum atomic E-state index is -0.275. The van der Waals surface area contributed by atoms with Crippen molar-refractivity contribution in [3.8, 4) is 11.5 Å². The zero-order chi connectivity index (χ0) is 12.1. The van der Waals surface area contributed by atoms with Crippen LogP contribution < -0.4 is 14.8 Å². The summed E-state index contributed by atoms with van der Waals surface area (Å²) in [6, 6.07) is 5.84. The van der Waals surface area contributed by atoms with Crippen LogP contribution in [-0.4, -0.2) is 31.0 Å².